The third-order valence-corrected chi connectivity index (χ3v) is 3.60. The molecule has 1 N–H and O–H groups in total. The van der Waals surface area contributed by atoms with Crippen LogP contribution in [0.1, 0.15) is 25.7 Å². The van der Waals surface area contributed by atoms with Gasteiger partial charge in [0, 0.05) is 25.9 Å². The van der Waals surface area contributed by atoms with E-state index in [1.54, 1.807) is 0 Å². The van der Waals surface area contributed by atoms with Gasteiger partial charge in [0.2, 0.25) is 0 Å². The SMILES string of the molecule is FC1(F)CCN(CCC2CCNC2)CC1. The van der Waals surface area contributed by atoms with Crippen molar-refractivity contribution in [3.05, 3.63) is 0 Å². The van der Waals surface area contributed by atoms with E-state index in [0.717, 1.165) is 25.6 Å². The summed E-state index contributed by atoms with van der Waals surface area (Å²) >= 11 is 0. The third-order valence-electron chi connectivity index (χ3n) is 3.60. The van der Waals surface area contributed by atoms with Crippen LogP contribution in [0.25, 0.3) is 0 Å². The van der Waals surface area contributed by atoms with Crippen LogP contribution in [0.15, 0.2) is 0 Å². The van der Waals surface area contributed by atoms with E-state index in [4.69, 9.17) is 0 Å². The first-order valence-corrected chi connectivity index (χ1v) is 5.97. The molecule has 15 heavy (non-hydrogen) atoms. The molecule has 2 fully saturated rings. The van der Waals surface area contributed by atoms with Crippen molar-refractivity contribution in [2.75, 3.05) is 32.7 Å². The van der Waals surface area contributed by atoms with Crippen molar-refractivity contribution >= 4 is 0 Å². The fraction of sp³-hybridized carbons (Fsp3) is 1.00. The lowest BCUT2D eigenvalue weighted by Gasteiger charge is -2.32. The molecule has 2 saturated heterocycles. The van der Waals surface area contributed by atoms with Gasteiger partial charge in [-0.3, -0.25) is 0 Å². The summed E-state index contributed by atoms with van der Waals surface area (Å²) in [7, 11) is 0. The van der Waals surface area contributed by atoms with Gasteiger partial charge in [0.05, 0.1) is 0 Å². The Labute approximate surface area is 90.0 Å². The number of piperidine rings is 1. The van der Waals surface area contributed by atoms with Gasteiger partial charge in [-0.15, -0.1) is 0 Å². The van der Waals surface area contributed by atoms with Crippen molar-refractivity contribution < 1.29 is 8.78 Å². The van der Waals surface area contributed by atoms with Gasteiger partial charge in [0.15, 0.2) is 0 Å². The van der Waals surface area contributed by atoms with Crippen LogP contribution in [-0.4, -0.2) is 43.5 Å². The minimum atomic E-state index is -2.40. The molecule has 0 aromatic rings. The number of likely N-dealkylation sites (tertiary alicyclic amines) is 1. The van der Waals surface area contributed by atoms with Crippen LogP contribution < -0.4 is 5.32 Å². The Morgan fingerprint density at radius 1 is 1.27 bits per heavy atom. The largest absolute Gasteiger partial charge is 0.316 e. The summed E-state index contributed by atoms with van der Waals surface area (Å²) in [6, 6.07) is 0. The molecular weight excluding hydrogens is 198 g/mol. The Kier molecular flexibility index (Phi) is 3.57. The number of alkyl halides is 2. The molecule has 2 aliphatic heterocycles. The summed E-state index contributed by atoms with van der Waals surface area (Å²) in [6.45, 7) is 4.40. The minimum absolute atomic E-state index is 0.0515. The first-order chi connectivity index (χ1) is 7.16. The Morgan fingerprint density at radius 3 is 2.60 bits per heavy atom. The zero-order chi connectivity index (χ0) is 10.7. The summed E-state index contributed by atoms with van der Waals surface area (Å²) in [6.07, 6.45) is 2.52. The van der Waals surface area contributed by atoms with Gasteiger partial charge in [-0.05, 0) is 38.4 Å². The van der Waals surface area contributed by atoms with E-state index < -0.39 is 5.92 Å². The molecule has 1 atom stereocenters. The quantitative estimate of drug-likeness (QED) is 0.776. The summed E-state index contributed by atoms with van der Waals surface area (Å²) < 4.78 is 25.8. The van der Waals surface area contributed by atoms with Crippen molar-refractivity contribution in [2.24, 2.45) is 5.92 Å². The van der Waals surface area contributed by atoms with Crippen molar-refractivity contribution in [3.63, 3.8) is 0 Å². The van der Waals surface area contributed by atoms with E-state index in [2.05, 4.69) is 10.2 Å². The Hall–Kier alpha value is -0.220. The number of hydrogen-bond donors (Lipinski definition) is 1. The lowest BCUT2D eigenvalue weighted by atomic mass is 10.0. The Bertz CT molecular complexity index is 193. The van der Waals surface area contributed by atoms with Crippen molar-refractivity contribution in [3.8, 4) is 0 Å². The molecule has 2 nitrogen and oxygen atoms in total. The van der Waals surface area contributed by atoms with Gasteiger partial charge in [-0.25, -0.2) is 8.78 Å². The van der Waals surface area contributed by atoms with Crippen LogP contribution in [-0.2, 0) is 0 Å². The second kappa shape index (κ2) is 4.74. The molecule has 0 spiro atoms. The van der Waals surface area contributed by atoms with Crippen molar-refractivity contribution in [2.45, 2.75) is 31.6 Å². The first-order valence-electron chi connectivity index (χ1n) is 5.97. The average Bonchev–Trinajstić information content (AvgIpc) is 2.69. The summed E-state index contributed by atoms with van der Waals surface area (Å²) in [5, 5.41) is 3.33. The van der Waals surface area contributed by atoms with Crippen LogP contribution in [0.4, 0.5) is 8.78 Å². The van der Waals surface area contributed by atoms with E-state index in [1.165, 1.54) is 12.8 Å². The number of hydrogen-bond acceptors (Lipinski definition) is 2. The standard InChI is InChI=1S/C11H20F2N2/c12-11(13)3-7-15(8-4-11)6-2-10-1-5-14-9-10/h10,14H,1-9H2. The summed E-state index contributed by atoms with van der Waals surface area (Å²) in [5.74, 6) is -1.63. The fourth-order valence-electron chi connectivity index (χ4n) is 2.43. The van der Waals surface area contributed by atoms with E-state index in [-0.39, 0.29) is 12.8 Å². The molecule has 0 radical (unpaired) electrons. The Morgan fingerprint density at radius 2 is 2.00 bits per heavy atom. The predicted molar refractivity (Wildman–Crippen MR) is 56.2 cm³/mol. The molecule has 0 amide bonds. The van der Waals surface area contributed by atoms with Crippen LogP contribution >= 0.6 is 0 Å². The second-order valence-corrected chi connectivity index (χ2v) is 4.85. The van der Waals surface area contributed by atoms with Gasteiger partial charge in [-0.2, -0.15) is 0 Å². The van der Waals surface area contributed by atoms with Gasteiger partial charge < -0.3 is 10.2 Å². The molecule has 88 valence electrons. The number of rotatable bonds is 3. The first kappa shape index (κ1) is 11.3. The maximum Gasteiger partial charge on any atom is 0.250 e. The highest BCUT2D eigenvalue weighted by atomic mass is 19.3. The normalized spacial score (nSPS) is 32.0. The van der Waals surface area contributed by atoms with Gasteiger partial charge in [0.25, 0.3) is 5.92 Å². The average molecular weight is 218 g/mol. The van der Waals surface area contributed by atoms with Crippen LogP contribution in [0.3, 0.4) is 0 Å². The van der Waals surface area contributed by atoms with Gasteiger partial charge >= 0.3 is 0 Å². The highest BCUT2D eigenvalue weighted by molar-refractivity contribution is 4.79. The topological polar surface area (TPSA) is 15.3 Å². The summed E-state index contributed by atoms with van der Waals surface area (Å²) in [4.78, 5) is 2.19. The molecule has 0 saturated carbocycles. The maximum absolute atomic E-state index is 12.9. The fourth-order valence-corrected chi connectivity index (χ4v) is 2.43. The minimum Gasteiger partial charge on any atom is -0.316 e. The molecule has 2 rings (SSSR count). The number of nitrogens with one attached hydrogen (secondary N) is 1. The van der Waals surface area contributed by atoms with Crippen LogP contribution in [0.2, 0.25) is 0 Å². The summed E-state index contributed by atoms with van der Waals surface area (Å²) in [5.41, 5.74) is 0. The predicted octanol–water partition coefficient (Wildman–Crippen LogP) is 1.72. The highest BCUT2D eigenvalue weighted by Crippen LogP contribution is 2.28. The smallest absolute Gasteiger partial charge is 0.250 e. The van der Waals surface area contributed by atoms with Gasteiger partial charge in [-0.1, -0.05) is 0 Å². The number of halogens is 2. The van der Waals surface area contributed by atoms with Crippen molar-refractivity contribution in [1.29, 1.82) is 0 Å². The zero-order valence-electron chi connectivity index (χ0n) is 9.14. The second-order valence-electron chi connectivity index (χ2n) is 4.85. The third kappa shape index (κ3) is 3.38. The highest BCUT2D eigenvalue weighted by Gasteiger charge is 2.33. The Balaban J connectivity index is 1.64. The molecule has 0 aliphatic carbocycles. The molecule has 0 bridgehead atoms. The lowest BCUT2D eigenvalue weighted by Crippen LogP contribution is -2.40. The zero-order valence-corrected chi connectivity index (χ0v) is 9.14. The molecule has 0 aromatic heterocycles. The van der Waals surface area contributed by atoms with Gasteiger partial charge in [0.1, 0.15) is 0 Å². The van der Waals surface area contributed by atoms with E-state index in [1.807, 2.05) is 0 Å². The molecule has 2 aliphatic rings. The van der Waals surface area contributed by atoms with E-state index in [9.17, 15) is 8.78 Å². The maximum atomic E-state index is 12.9. The van der Waals surface area contributed by atoms with Crippen LogP contribution in [0.5, 0.6) is 0 Å². The lowest BCUT2D eigenvalue weighted by molar-refractivity contribution is -0.0556. The van der Waals surface area contributed by atoms with E-state index >= 15 is 0 Å². The monoisotopic (exact) mass is 218 g/mol. The molecule has 1 unspecified atom stereocenters. The number of nitrogens with zero attached hydrogens (tertiary/aromatic N) is 1. The molecular formula is C11H20F2N2. The van der Waals surface area contributed by atoms with Crippen LogP contribution in [0, 0.1) is 5.92 Å². The molecule has 2 heterocycles. The van der Waals surface area contributed by atoms with E-state index in [0.29, 0.717) is 13.1 Å². The molecule has 4 heteroatoms. The van der Waals surface area contributed by atoms with Crippen molar-refractivity contribution in [1.82, 2.24) is 10.2 Å². The molecule has 0 aromatic carbocycles.